The van der Waals surface area contributed by atoms with Crippen molar-refractivity contribution in [1.82, 2.24) is 9.80 Å². The highest BCUT2D eigenvalue weighted by atomic mass is 35.5. The number of carbonyl (C=O) groups excluding carboxylic acids is 3. The zero-order chi connectivity index (χ0) is 22.8. The van der Waals surface area contributed by atoms with E-state index in [1.54, 1.807) is 0 Å². The van der Waals surface area contributed by atoms with Crippen LogP contribution in [0.15, 0.2) is 36.4 Å². The molecule has 0 saturated heterocycles. The molecule has 1 saturated carbocycles. The lowest BCUT2D eigenvalue weighted by molar-refractivity contribution is -0.116. The molecule has 32 heavy (non-hydrogen) atoms. The third kappa shape index (κ3) is 4.68. The molecular formula is C24H25Cl2N3O3. The lowest BCUT2D eigenvalue weighted by Gasteiger charge is -2.31. The summed E-state index contributed by atoms with van der Waals surface area (Å²) in [6.45, 7) is 0.333. The highest BCUT2D eigenvalue weighted by molar-refractivity contribution is 6.43. The van der Waals surface area contributed by atoms with Crippen molar-refractivity contribution in [2.45, 2.75) is 44.7 Å². The van der Waals surface area contributed by atoms with E-state index >= 15 is 0 Å². The molecular weight excluding hydrogens is 449 g/mol. The van der Waals surface area contributed by atoms with E-state index in [1.165, 1.54) is 44.2 Å². The van der Waals surface area contributed by atoms with Gasteiger partial charge in [-0.3, -0.25) is 24.2 Å². The maximum atomic E-state index is 12.8. The highest BCUT2D eigenvalue weighted by Gasteiger charge is 2.37. The molecule has 1 heterocycles. The average Bonchev–Trinajstić information content (AvgIpc) is 3.00. The Kier molecular flexibility index (Phi) is 6.84. The fraction of sp³-hybridized carbons (Fsp3) is 0.375. The van der Waals surface area contributed by atoms with Crippen LogP contribution in [0, 0.1) is 0 Å². The van der Waals surface area contributed by atoms with Gasteiger partial charge in [0, 0.05) is 18.3 Å². The Hall–Kier alpha value is -2.41. The number of nitrogens with one attached hydrogen (secondary N) is 1. The first-order chi connectivity index (χ1) is 15.3. The van der Waals surface area contributed by atoms with Crippen molar-refractivity contribution < 1.29 is 14.4 Å². The van der Waals surface area contributed by atoms with Gasteiger partial charge < -0.3 is 5.32 Å². The summed E-state index contributed by atoms with van der Waals surface area (Å²) in [4.78, 5) is 41.3. The van der Waals surface area contributed by atoms with Gasteiger partial charge in [-0.05, 0) is 43.7 Å². The van der Waals surface area contributed by atoms with Crippen LogP contribution in [0.1, 0.15) is 58.4 Å². The molecule has 1 aliphatic carbocycles. The van der Waals surface area contributed by atoms with Gasteiger partial charge in [0.15, 0.2) is 0 Å². The number of amides is 3. The summed E-state index contributed by atoms with van der Waals surface area (Å²) < 4.78 is 0. The summed E-state index contributed by atoms with van der Waals surface area (Å²) in [6.07, 6.45) is 6.19. The van der Waals surface area contributed by atoms with Gasteiger partial charge in [-0.15, -0.1) is 0 Å². The van der Waals surface area contributed by atoms with Gasteiger partial charge in [-0.2, -0.15) is 0 Å². The molecule has 0 spiro atoms. The number of imide groups is 1. The molecule has 0 atom stereocenters. The number of hydrogen-bond acceptors (Lipinski definition) is 4. The smallest absolute Gasteiger partial charge is 0.262 e. The van der Waals surface area contributed by atoms with Crippen LogP contribution in [0.25, 0.3) is 0 Å². The van der Waals surface area contributed by atoms with Crippen molar-refractivity contribution in [2.75, 3.05) is 18.9 Å². The number of fused-ring (bicyclic) bond motifs is 1. The highest BCUT2D eigenvalue weighted by Crippen LogP contribution is 2.31. The van der Waals surface area contributed by atoms with Crippen LogP contribution in [-0.4, -0.2) is 47.2 Å². The topological polar surface area (TPSA) is 69.7 Å². The zero-order valence-corrected chi connectivity index (χ0v) is 19.4. The molecule has 2 aromatic carbocycles. The number of carbonyl (C=O) groups is 3. The maximum absolute atomic E-state index is 12.8. The van der Waals surface area contributed by atoms with Crippen LogP contribution in [0.5, 0.6) is 0 Å². The Morgan fingerprint density at radius 1 is 1.03 bits per heavy atom. The SMILES string of the molecule is CN(Cc1ccccc1NC(=O)CN1C(=O)c2cc(Cl)c(Cl)cc2C1=O)C1CCCCC1. The molecule has 4 rings (SSSR count). The predicted octanol–water partition coefficient (Wildman–Crippen LogP) is 4.99. The van der Waals surface area contributed by atoms with E-state index < -0.39 is 17.7 Å². The Labute approximate surface area is 197 Å². The summed E-state index contributed by atoms with van der Waals surface area (Å²) in [7, 11) is 2.11. The Morgan fingerprint density at radius 2 is 1.62 bits per heavy atom. The van der Waals surface area contributed by atoms with Crippen molar-refractivity contribution >= 4 is 46.6 Å². The van der Waals surface area contributed by atoms with Crippen LogP contribution in [0.4, 0.5) is 5.69 Å². The Balaban J connectivity index is 1.44. The summed E-state index contributed by atoms with van der Waals surface area (Å²) in [5.74, 6) is -1.54. The molecule has 1 N–H and O–H groups in total. The molecule has 8 heteroatoms. The van der Waals surface area contributed by atoms with E-state index in [4.69, 9.17) is 23.2 Å². The van der Waals surface area contributed by atoms with Crippen molar-refractivity contribution in [2.24, 2.45) is 0 Å². The van der Waals surface area contributed by atoms with Gasteiger partial charge in [-0.25, -0.2) is 0 Å². The van der Waals surface area contributed by atoms with E-state index in [0.717, 1.165) is 10.5 Å². The summed E-state index contributed by atoms with van der Waals surface area (Å²) in [5, 5.41) is 3.25. The zero-order valence-electron chi connectivity index (χ0n) is 17.9. The number of anilines is 1. The van der Waals surface area contributed by atoms with Crippen molar-refractivity contribution in [3.63, 3.8) is 0 Å². The first kappa shape index (κ1) is 22.8. The monoisotopic (exact) mass is 473 g/mol. The minimum atomic E-state index is -0.552. The Morgan fingerprint density at radius 3 is 2.25 bits per heavy atom. The fourth-order valence-corrected chi connectivity index (χ4v) is 4.79. The number of nitrogens with zero attached hydrogens (tertiary/aromatic N) is 2. The second-order valence-corrected chi connectivity index (χ2v) is 9.24. The van der Waals surface area contributed by atoms with Crippen LogP contribution >= 0.6 is 23.2 Å². The fourth-order valence-electron chi connectivity index (χ4n) is 4.46. The normalized spacial score (nSPS) is 16.6. The molecule has 6 nitrogen and oxygen atoms in total. The summed E-state index contributed by atoms with van der Waals surface area (Å²) in [6, 6.07) is 10.9. The second-order valence-electron chi connectivity index (χ2n) is 8.42. The predicted molar refractivity (Wildman–Crippen MR) is 125 cm³/mol. The number of halogens is 2. The van der Waals surface area contributed by atoms with E-state index in [1.807, 2.05) is 24.3 Å². The minimum absolute atomic E-state index is 0.159. The molecule has 1 fully saturated rings. The van der Waals surface area contributed by atoms with Crippen LogP contribution < -0.4 is 5.32 Å². The van der Waals surface area contributed by atoms with E-state index in [9.17, 15) is 14.4 Å². The average molecular weight is 474 g/mol. The first-order valence-corrected chi connectivity index (χ1v) is 11.5. The van der Waals surface area contributed by atoms with Gasteiger partial charge in [-0.1, -0.05) is 60.7 Å². The molecule has 168 valence electrons. The number of rotatable bonds is 6. The van der Waals surface area contributed by atoms with Crippen molar-refractivity contribution in [1.29, 1.82) is 0 Å². The third-order valence-electron chi connectivity index (χ3n) is 6.22. The van der Waals surface area contributed by atoms with Crippen molar-refractivity contribution in [3.8, 4) is 0 Å². The maximum Gasteiger partial charge on any atom is 0.262 e. The third-order valence-corrected chi connectivity index (χ3v) is 6.94. The number of hydrogen-bond donors (Lipinski definition) is 1. The lowest BCUT2D eigenvalue weighted by atomic mass is 9.94. The molecule has 2 aliphatic rings. The van der Waals surface area contributed by atoms with Gasteiger partial charge in [0.05, 0.1) is 21.2 Å². The second kappa shape index (κ2) is 9.61. The quantitative estimate of drug-likeness (QED) is 0.599. The van der Waals surface area contributed by atoms with Crippen LogP contribution in [0.2, 0.25) is 10.0 Å². The van der Waals surface area contributed by atoms with E-state index in [-0.39, 0.29) is 27.7 Å². The summed E-state index contributed by atoms with van der Waals surface area (Å²) >= 11 is 12.0. The van der Waals surface area contributed by atoms with Crippen LogP contribution in [0.3, 0.4) is 0 Å². The number of benzene rings is 2. The van der Waals surface area contributed by atoms with Gasteiger partial charge in [0.2, 0.25) is 5.91 Å². The summed E-state index contributed by atoms with van der Waals surface area (Å²) in [5.41, 5.74) is 2.00. The van der Waals surface area contributed by atoms with Crippen molar-refractivity contribution in [3.05, 3.63) is 63.1 Å². The molecule has 1 aliphatic heterocycles. The minimum Gasteiger partial charge on any atom is -0.324 e. The van der Waals surface area contributed by atoms with Gasteiger partial charge in [0.25, 0.3) is 11.8 Å². The van der Waals surface area contributed by atoms with Gasteiger partial charge in [0.1, 0.15) is 6.54 Å². The molecule has 2 aromatic rings. The first-order valence-electron chi connectivity index (χ1n) is 10.8. The van der Waals surface area contributed by atoms with Crippen LogP contribution in [-0.2, 0) is 11.3 Å². The molecule has 0 unspecified atom stereocenters. The molecule has 0 radical (unpaired) electrons. The largest absolute Gasteiger partial charge is 0.324 e. The standard InChI is InChI=1S/C24H25Cl2N3O3/c1-28(16-8-3-2-4-9-16)13-15-7-5-6-10-21(15)27-22(30)14-29-23(31)17-11-19(25)20(26)12-18(17)24(29)32/h5-7,10-12,16H,2-4,8-9,13-14H2,1H3,(H,27,30). The number of para-hydroxylation sites is 1. The van der Waals surface area contributed by atoms with E-state index in [0.29, 0.717) is 18.3 Å². The van der Waals surface area contributed by atoms with E-state index in [2.05, 4.69) is 17.3 Å². The Bertz CT molecular complexity index is 1030. The molecule has 0 aromatic heterocycles. The van der Waals surface area contributed by atoms with Gasteiger partial charge >= 0.3 is 0 Å². The molecule has 0 bridgehead atoms. The molecule has 3 amide bonds. The lowest BCUT2D eigenvalue weighted by Crippen LogP contribution is -2.37.